The number of benzene rings is 1. The Kier molecular flexibility index (Phi) is 6.39. The molecule has 3 nitrogen and oxygen atoms in total. The molecule has 1 aromatic rings. The summed E-state index contributed by atoms with van der Waals surface area (Å²) in [7, 11) is 0. The van der Waals surface area contributed by atoms with E-state index in [4.69, 9.17) is 9.84 Å². The van der Waals surface area contributed by atoms with Crippen molar-refractivity contribution in [3.8, 4) is 5.75 Å². The van der Waals surface area contributed by atoms with E-state index in [1.807, 2.05) is 0 Å². The maximum atomic E-state index is 13.5. The highest BCUT2D eigenvalue weighted by Crippen LogP contribution is 2.23. The Morgan fingerprint density at radius 2 is 1.90 bits per heavy atom. The van der Waals surface area contributed by atoms with Crippen LogP contribution in [-0.2, 0) is 0 Å². The van der Waals surface area contributed by atoms with Crippen LogP contribution in [0, 0.1) is 11.6 Å². The van der Waals surface area contributed by atoms with Crippen molar-refractivity contribution in [2.75, 3.05) is 26.2 Å². The molecule has 0 aliphatic carbocycles. The molecule has 21 heavy (non-hydrogen) atoms. The molecule has 0 saturated carbocycles. The molecular weight excluding hydrogens is 276 g/mol. The fourth-order valence-electron chi connectivity index (χ4n) is 2.63. The molecule has 2 rings (SSSR count). The molecule has 0 radical (unpaired) electrons. The summed E-state index contributed by atoms with van der Waals surface area (Å²) in [6, 6.07) is 3.42. The van der Waals surface area contributed by atoms with E-state index in [2.05, 4.69) is 4.90 Å². The van der Waals surface area contributed by atoms with Crippen molar-refractivity contribution in [2.24, 2.45) is 0 Å². The normalized spacial score (nSPS) is 17.1. The van der Waals surface area contributed by atoms with E-state index in [1.54, 1.807) is 0 Å². The minimum absolute atomic E-state index is 0.00125. The van der Waals surface area contributed by atoms with E-state index in [9.17, 15) is 8.78 Å². The van der Waals surface area contributed by atoms with E-state index in [-0.39, 0.29) is 18.5 Å². The van der Waals surface area contributed by atoms with E-state index >= 15 is 0 Å². The molecule has 1 saturated heterocycles. The molecule has 0 atom stereocenters. The van der Waals surface area contributed by atoms with Gasteiger partial charge in [-0.25, -0.2) is 8.78 Å². The summed E-state index contributed by atoms with van der Waals surface area (Å²) in [5.41, 5.74) is 0. The average Bonchev–Trinajstić information content (AvgIpc) is 2.48. The summed E-state index contributed by atoms with van der Waals surface area (Å²) < 4.78 is 32.0. The minimum Gasteiger partial charge on any atom is -0.487 e. The van der Waals surface area contributed by atoms with E-state index in [1.165, 1.54) is 12.1 Å². The number of likely N-dealkylation sites (tertiary alicyclic amines) is 1. The second-order valence-corrected chi connectivity index (χ2v) is 5.52. The number of aliphatic hydroxyl groups excluding tert-OH is 1. The molecule has 1 aliphatic rings. The molecule has 5 heteroatoms. The fraction of sp³-hybridized carbons (Fsp3) is 0.625. The Balaban J connectivity index is 1.71. The van der Waals surface area contributed by atoms with Gasteiger partial charge in [0.2, 0.25) is 0 Å². The molecule has 0 bridgehead atoms. The highest BCUT2D eigenvalue weighted by molar-refractivity contribution is 5.24. The predicted molar refractivity (Wildman–Crippen MR) is 77.4 cm³/mol. The highest BCUT2D eigenvalue weighted by Gasteiger charge is 2.21. The number of nitrogens with zero attached hydrogens (tertiary/aromatic N) is 1. The lowest BCUT2D eigenvalue weighted by atomic mass is 10.1. The predicted octanol–water partition coefficient (Wildman–Crippen LogP) is 2.97. The van der Waals surface area contributed by atoms with Crippen LogP contribution in [-0.4, -0.2) is 42.4 Å². The molecule has 1 aliphatic heterocycles. The smallest absolute Gasteiger partial charge is 0.167 e. The number of hydrogen-bond acceptors (Lipinski definition) is 3. The molecule has 0 unspecified atom stereocenters. The van der Waals surface area contributed by atoms with Gasteiger partial charge in [0.15, 0.2) is 11.6 Å². The first kappa shape index (κ1) is 16.2. The molecule has 1 fully saturated rings. The van der Waals surface area contributed by atoms with Gasteiger partial charge >= 0.3 is 0 Å². The first-order valence-electron chi connectivity index (χ1n) is 7.64. The zero-order valence-electron chi connectivity index (χ0n) is 12.2. The third kappa shape index (κ3) is 5.25. The maximum absolute atomic E-state index is 13.5. The number of piperidine rings is 1. The van der Waals surface area contributed by atoms with Crippen LogP contribution in [0.4, 0.5) is 8.78 Å². The van der Waals surface area contributed by atoms with Gasteiger partial charge in [0, 0.05) is 25.8 Å². The zero-order chi connectivity index (χ0) is 15.1. The lowest BCUT2D eigenvalue weighted by Crippen LogP contribution is -2.38. The van der Waals surface area contributed by atoms with Crippen molar-refractivity contribution in [3.05, 3.63) is 29.8 Å². The van der Waals surface area contributed by atoms with Gasteiger partial charge in [-0.2, -0.15) is 0 Å². The van der Waals surface area contributed by atoms with Gasteiger partial charge in [-0.05, 0) is 50.8 Å². The standard InChI is InChI=1S/C16H23F2NO2/c17-13-4-5-16(15(18)12-13)21-14-6-9-19(10-7-14)8-2-1-3-11-20/h4-5,12,14,20H,1-3,6-11H2. The number of ether oxygens (including phenoxy) is 1. The largest absolute Gasteiger partial charge is 0.487 e. The summed E-state index contributed by atoms with van der Waals surface area (Å²) in [4.78, 5) is 2.37. The second-order valence-electron chi connectivity index (χ2n) is 5.52. The van der Waals surface area contributed by atoms with Crippen molar-refractivity contribution >= 4 is 0 Å². The first-order chi connectivity index (χ1) is 10.2. The third-order valence-electron chi connectivity index (χ3n) is 3.85. The van der Waals surface area contributed by atoms with Gasteiger partial charge in [-0.15, -0.1) is 0 Å². The van der Waals surface area contributed by atoms with Crippen LogP contribution in [0.3, 0.4) is 0 Å². The number of unbranched alkanes of at least 4 members (excludes halogenated alkanes) is 2. The van der Waals surface area contributed by atoms with E-state index < -0.39 is 11.6 Å². The summed E-state index contributed by atoms with van der Waals surface area (Å²) >= 11 is 0. The number of halogens is 2. The lowest BCUT2D eigenvalue weighted by Gasteiger charge is -2.32. The number of aliphatic hydroxyl groups is 1. The van der Waals surface area contributed by atoms with Crippen LogP contribution in [0.1, 0.15) is 32.1 Å². The van der Waals surface area contributed by atoms with Crippen molar-refractivity contribution in [1.29, 1.82) is 0 Å². The molecular formula is C16H23F2NO2. The highest BCUT2D eigenvalue weighted by atomic mass is 19.1. The number of rotatable bonds is 7. The van der Waals surface area contributed by atoms with Gasteiger partial charge < -0.3 is 14.7 Å². The van der Waals surface area contributed by atoms with Gasteiger partial charge in [0.25, 0.3) is 0 Å². The molecule has 118 valence electrons. The quantitative estimate of drug-likeness (QED) is 0.786. The van der Waals surface area contributed by atoms with Crippen LogP contribution < -0.4 is 4.74 Å². The van der Waals surface area contributed by atoms with E-state index in [0.29, 0.717) is 0 Å². The average molecular weight is 299 g/mol. The molecule has 0 amide bonds. The summed E-state index contributed by atoms with van der Waals surface area (Å²) in [6.07, 6.45) is 4.72. The van der Waals surface area contributed by atoms with Gasteiger partial charge in [-0.1, -0.05) is 0 Å². The summed E-state index contributed by atoms with van der Waals surface area (Å²) in [6.45, 7) is 3.18. The van der Waals surface area contributed by atoms with Crippen LogP contribution >= 0.6 is 0 Å². The fourth-order valence-corrected chi connectivity index (χ4v) is 2.63. The SMILES string of the molecule is OCCCCCN1CCC(Oc2ccc(F)cc2F)CC1. The van der Waals surface area contributed by atoms with Crippen molar-refractivity contribution < 1.29 is 18.6 Å². The Morgan fingerprint density at radius 3 is 2.57 bits per heavy atom. The molecule has 1 aromatic carbocycles. The molecule has 0 aromatic heterocycles. The van der Waals surface area contributed by atoms with Crippen molar-refractivity contribution in [3.63, 3.8) is 0 Å². The van der Waals surface area contributed by atoms with Crippen LogP contribution in [0.5, 0.6) is 5.75 Å². The first-order valence-corrected chi connectivity index (χ1v) is 7.64. The number of hydrogen-bond donors (Lipinski definition) is 1. The van der Waals surface area contributed by atoms with Crippen LogP contribution in [0.25, 0.3) is 0 Å². The third-order valence-corrected chi connectivity index (χ3v) is 3.85. The van der Waals surface area contributed by atoms with Crippen LogP contribution in [0.2, 0.25) is 0 Å². The molecule has 1 heterocycles. The monoisotopic (exact) mass is 299 g/mol. The zero-order valence-corrected chi connectivity index (χ0v) is 12.2. The van der Waals surface area contributed by atoms with Crippen LogP contribution in [0.15, 0.2) is 18.2 Å². The van der Waals surface area contributed by atoms with Gasteiger partial charge in [-0.3, -0.25) is 0 Å². The lowest BCUT2D eigenvalue weighted by molar-refractivity contribution is 0.0958. The topological polar surface area (TPSA) is 32.7 Å². The summed E-state index contributed by atoms with van der Waals surface area (Å²) in [5, 5.41) is 8.73. The summed E-state index contributed by atoms with van der Waals surface area (Å²) in [5.74, 6) is -1.09. The maximum Gasteiger partial charge on any atom is 0.167 e. The van der Waals surface area contributed by atoms with Crippen molar-refractivity contribution in [1.82, 2.24) is 4.90 Å². The minimum atomic E-state index is -0.638. The Morgan fingerprint density at radius 1 is 1.14 bits per heavy atom. The Bertz CT molecular complexity index is 434. The molecule has 1 N–H and O–H groups in total. The molecule has 0 spiro atoms. The van der Waals surface area contributed by atoms with Gasteiger partial charge in [0.05, 0.1) is 0 Å². The van der Waals surface area contributed by atoms with Gasteiger partial charge in [0.1, 0.15) is 11.9 Å². The van der Waals surface area contributed by atoms with Crippen molar-refractivity contribution in [2.45, 2.75) is 38.2 Å². The second kappa shape index (κ2) is 8.29. The van der Waals surface area contributed by atoms with E-state index in [0.717, 1.165) is 57.8 Å². The Labute approximate surface area is 124 Å². The Hall–Kier alpha value is -1.20.